The summed E-state index contributed by atoms with van der Waals surface area (Å²) < 4.78 is 0. The maximum atomic E-state index is 13.1. The van der Waals surface area contributed by atoms with Gasteiger partial charge in [0, 0.05) is 38.1 Å². The summed E-state index contributed by atoms with van der Waals surface area (Å²) in [4.78, 5) is 29.0. The van der Waals surface area contributed by atoms with Crippen LogP contribution in [0.25, 0.3) is 0 Å². The van der Waals surface area contributed by atoms with Crippen LogP contribution < -0.4 is 5.32 Å². The normalized spacial score (nSPS) is 34.9. The lowest BCUT2D eigenvalue weighted by Crippen LogP contribution is -2.48. The van der Waals surface area contributed by atoms with Gasteiger partial charge in [-0.2, -0.15) is 0 Å². The van der Waals surface area contributed by atoms with E-state index in [1.807, 2.05) is 4.90 Å². The molecule has 152 valence electrons. The maximum Gasteiger partial charge on any atom is 0.317 e. The minimum atomic E-state index is 0.0766. The van der Waals surface area contributed by atoms with Gasteiger partial charge in [0.1, 0.15) is 0 Å². The number of likely N-dealkylation sites (tertiary alicyclic amines) is 1. The number of piperidine rings is 1. The third-order valence-electron chi connectivity index (χ3n) is 8.59. The predicted molar refractivity (Wildman–Crippen MR) is 106 cm³/mol. The number of rotatable bonds is 4. The van der Waals surface area contributed by atoms with E-state index in [4.69, 9.17) is 0 Å². The highest BCUT2D eigenvalue weighted by atomic mass is 16.2. The molecule has 0 aromatic rings. The predicted octanol–water partition coefficient (Wildman–Crippen LogP) is 3.64. The lowest BCUT2D eigenvalue weighted by molar-refractivity contribution is -0.135. The number of carbonyl (C=O) groups is 2. The van der Waals surface area contributed by atoms with Gasteiger partial charge < -0.3 is 15.1 Å². The van der Waals surface area contributed by atoms with Gasteiger partial charge in [-0.25, -0.2) is 4.79 Å². The Morgan fingerprint density at radius 3 is 2.37 bits per heavy atom. The van der Waals surface area contributed by atoms with Gasteiger partial charge in [0.15, 0.2) is 0 Å². The van der Waals surface area contributed by atoms with Gasteiger partial charge in [-0.1, -0.05) is 27.2 Å². The molecular weight excluding hydrogens is 338 g/mol. The summed E-state index contributed by atoms with van der Waals surface area (Å²) in [7, 11) is 0. The van der Waals surface area contributed by atoms with E-state index in [1.165, 1.54) is 32.1 Å². The fourth-order valence-electron chi connectivity index (χ4n) is 5.97. The Kier molecular flexibility index (Phi) is 4.92. The third kappa shape index (κ3) is 3.47. The molecule has 3 amide bonds. The summed E-state index contributed by atoms with van der Waals surface area (Å²) in [6.45, 7) is 10.4. The minimum Gasteiger partial charge on any atom is -0.342 e. The minimum absolute atomic E-state index is 0.0766. The Hall–Kier alpha value is -1.26. The van der Waals surface area contributed by atoms with Crippen LogP contribution >= 0.6 is 0 Å². The Morgan fingerprint density at radius 1 is 1.15 bits per heavy atom. The molecule has 5 heteroatoms. The van der Waals surface area contributed by atoms with Crippen molar-refractivity contribution in [3.05, 3.63) is 0 Å². The Morgan fingerprint density at radius 2 is 1.81 bits per heavy atom. The highest BCUT2D eigenvalue weighted by Gasteiger charge is 2.60. The van der Waals surface area contributed by atoms with E-state index in [0.29, 0.717) is 22.8 Å². The number of urea groups is 1. The van der Waals surface area contributed by atoms with Crippen LogP contribution in [0.2, 0.25) is 0 Å². The molecule has 2 saturated carbocycles. The molecule has 2 heterocycles. The van der Waals surface area contributed by atoms with Crippen molar-refractivity contribution >= 4 is 11.9 Å². The first-order valence-electron chi connectivity index (χ1n) is 11.2. The average Bonchev–Trinajstić information content (AvgIpc) is 3.19. The topological polar surface area (TPSA) is 52.7 Å². The van der Waals surface area contributed by atoms with E-state index in [0.717, 1.165) is 51.4 Å². The number of hydrogen-bond acceptors (Lipinski definition) is 2. The molecule has 1 spiro atoms. The second-order valence-corrected chi connectivity index (χ2v) is 10.2. The van der Waals surface area contributed by atoms with E-state index in [-0.39, 0.29) is 11.9 Å². The van der Waals surface area contributed by atoms with Gasteiger partial charge in [-0.15, -0.1) is 0 Å². The monoisotopic (exact) mass is 375 g/mol. The van der Waals surface area contributed by atoms with Crippen LogP contribution in [-0.2, 0) is 4.79 Å². The Bertz CT molecular complexity index is 586. The molecule has 4 aliphatic rings. The Balaban J connectivity index is 1.27. The second-order valence-electron chi connectivity index (χ2n) is 10.2. The molecule has 5 nitrogen and oxygen atoms in total. The van der Waals surface area contributed by atoms with Gasteiger partial charge in [0.2, 0.25) is 5.91 Å². The molecule has 0 bridgehead atoms. The second kappa shape index (κ2) is 6.97. The van der Waals surface area contributed by atoms with Gasteiger partial charge >= 0.3 is 6.03 Å². The van der Waals surface area contributed by atoms with Gasteiger partial charge in [-0.3, -0.25) is 4.79 Å². The molecule has 4 rings (SSSR count). The summed E-state index contributed by atoms with van der Waals surface area (Å²) in [5, 5.41) is 2.89. The highest BCUT2D eigenvalue weighted by molar-refractivity contribution is 5.83. The van der Waals surface area contributed by atoms with Crippen LogP contribution in [0.3, 0.4) is 0 Å². The van der Waals surface area contributed by atoms with E-state index in [2.05, 4.69) is 31.0 Å². The number of nitrogens with zero attached hydrogens (tertiary/aromatic N) is 2. The van der Waals surface area contributed by atoms with Crippen molar-refractivity contribution in [3.8, 4) is 0 Å². The van der Waals surface area contributed by atoms with E-state index >= 15 is 0 Å². The number of carbonyl (C=O) groups excluding carboxylic acids is 2. The van der Waals surface area contributed by atoms with Crippen LogP contribution in [0.1, 0.15) is 72.1 Å². The first kappa shape index (κ1) is 19.1. The standard InChI is InChI=1S/C22H37N3O2/c1-4-21(2,3)16-5-9-22(10-6-16)15-18(22)19(26)24-12-7-17(8-13-24)25-14-11-23-20(25)27/h16-18H,4-15H2,1-3H3,(H,23,27). The summed E-state index contributed by atoms with van der Waals surface area (Å²) in [6, 6.07) is 0.393. The van der Waals surface area contributed by atoms with E-state index in [1.54, 1.807) is 0 Å². The number of hydrogen-bond donors (Lipinski definition) is 1. The van der Waals surface area contributed by atoms with Crippen molar-refractivity contribution in [3.63, 3.8) is 0 Å². The zero-order chi connectivity index (χ0) is 19.2. The molecule has 0 radical (unpaired) electrons. The van der Waals surface area contributed by atoms with Gasteiger partial charge in [-0.05, 0) is 61.7 Å². The van der Waals surface area contributed by atoms with Gasteiger partial charge in [0.25, 0.3) is 0 Å². The fraction of sp³-hybridized carbons (Fsp3) is 0.909. The average molecular weight is 376 g/mol. The summed E-state index contributed by atoms with van der Waals surface area (Å²) in [5.74, 6) is 1.52. The molecule has 2 aliphatic heterocycles. The molecule has 1 atom stereocenters. The largest absolute Gasteiger partial charge is 0.342 e. The fourth-order valence-corrected chi connectivity index (χ4v) is 5.97. The summed E-state index contributed by atoms with van der Waals surface area (Å²) in [5.41, 5.74) is 0.781. The molecule has 2 aliphatic carbocycles. The molecule has 2 saturated heterocycles. The highest BCUT2D eigenvalue weighted by Crippen LogP contribution is 2.64. The molecule has 1 unspecified atom stereocenters. The van der Waals surface area contributed by atoms with Crippen LogP contribution in [-0.4, -0.2) is 54.0 Å². The molecule has 4 fully saturated rings. The number of nitrogens with one attached hydrogen (secondary N) is 1. The molecule has 1 N–H and O–H groups in total. The number of amides is 3. The lowest BCUT2D eigenvalue weighted by atomic mass is 9.66. The van der Waals surface area contributed by atoms with Crippen LogP contribution in [0, 0.1) is 22.7 Å². The molecule has 0 aromatic carbocycles. The van der Waals surface area contributed by atoms with Crippen LogP contribution in [0.4, 0.5) is 4.79 Å². The molecular formula is C22H37N3O2. The zero-order valence-corrected chi connectivity index (χ0v) is 17.4. The first-order chi connectivity index (χ1) is 12.9. The maximum absolute atomic E-state index is 13.1. The quantitative estimate of drug-likeness (QED) is 0.816. The first-order valence-corrected chi connectivity index (χ1v) is 11.2. The molecule has 0 aromatic heterocycles. The van der Waals surface area contributed by atoms with Gasteiger partial charge in [0.05, 0.1) is 0 Å². The zero-order valence-electron chi connectivity index (χ0n) is 17.4. The van der Waals surface area contributed by atoms with Crippen molar-refractivity contribution in [2.45, 2.75) is 78.2 Å². The summed E-state index contributed by atoms with van der Waals surface area (Å²) >= 11 is 0. The van der Waals surface area contributed by atoms with E-state index in [9.17, 15) is 9.59 Å². The van der Waals surface area contributed by atoms with Crippen molar-refractivity contribution < 1.29 is 9.59 Å². The van der Waals surface area contributed by atoms with Crippen LogP contribution in [0.15, 0.2) is 0 Å². The van der Waals surface area contributed by atoms with Crippen molar-refractivity contribution in [2.24, 2.45) is 22.7 Å². The molecule has 27 heavy (non-hydrogen) atoms. The summed E-state index contributed by atoms with van der Waals surface area (Å²) in [6.07, 6.45) is 9.35. The van der Waals surface area contributed by atoms with Crippen molar-refractivity contribution in [1.82, 2.24) is 15.1 Å². The van der Waals surface area contributed by atoms with Crippen molar-refractivity contribution in [2.75, 3.05) is 26.2 Å². The lowest BCUT2D eigenvalue weighted by Gasteiger charge is -2.40. The van der Waals surface area contributed by atoms with E-state index < -0.39 is 0 Å². The SMILES string of the molecule is CCC(C)(C)C1CCC2(CC1)CC2C(=O)N1CCC(N2CCNC2=O)CC1. The third-order valence-corrected chi connectivity index (χ3v) is 8.59. The Labute approximate surface area is 164 Å². The smallest absolute Gasteiger partial charge is 0.317 e. The van der Waals surface area contributed by atoms with Crippen molar-refractivity contribution in [1.29, 1.82) is 0 Å². The van der Waals surface area contributed by atoms with Crippen LogP contribution in [0.5, 0.6) is 0 Å².